The molecule has 0 atom stereocenters. The SMILES string of the molecule is Cc1cc(C)cc(NC(=O)Cc2nc(-c3ccccc3)n[nH]2)c1. The van der Waals surface area contributed by atoms with E-state index in [2.05, 4.69) is 26.6 Å². The summed E-state index contributed by atoms with van der Waals surface area (Å²) in [6.07, 6.45) is 0.160. The Morgan fingerprint density at radius 1 is 1.09 bits per heavy atom. The van der Waals surface area contributed by atoms with E-state index < -0.39 is 0 Å². The normalized spacial score (nSPS) is 10.5. The fourth-order valence-electron chi connectivity index (χ4n) is 2.49. The first-order valence-electron chi connectivity index (χ1n) is 7.45. The summed E-state index contributed by atoms with van der Waals surface area (Å²) >= 11 is 0. The lowest BCUT2D eigenvalue weighted by atomic mass is 10.1. The quantitative estimate of drug-likeness (QED) is 0.777. The van der Waals surface area contributed by atoms with Crippen molar-refractivity contribution >= 4 is 11.6 Å². The molecule has 1 amide bonds. The van der Waals surface area contributed by atoms with Crippen molar-refractivity contribution in [1.29, 1.82) is 0 Å². The van der Waals surface area contributed by atoms with Gasteiger partial charge in [-0.2, -0.15) is 5.10 Å². The Bertz CT molecular complexity index is 804. The third-order valence-corrected chi connectivity index (χ3v) is 3.40. The Morgan fingerprint density at radius 2 is 1.78 bits per heavy atom. The first-order chi connectivity index (χ1) is 11.1. The van der Waals surface area contributed by atoms with Crippen molar-refractivity contribution in [2.24, 2.45) is 0 Å². The molecule has 0 aliphatic carbocycles. The molecule has 0 radical (unpaired) electrons. The van der Waals surface area contributed by atoms with E-state index in [1.165, 1.54) is 0 Å². The molecule has 0 unspecified atom stereocenters. The van der Waals surface area contributed by atoms with Gasteiger partial charge in [-0.05, 0) is 37.1 Å². The van der Waals surface area contributed by atoms with Crippen LogP contribution in [0.2, 0.25) is 0 Å². The third-order valence-electron chi connectivity index (χ3n) is 3.40. The maximum absolute atomic E-state index is 12.2. The zero-order valence-corrected chi connectivity index (χ0v) is 13.1. The molecular weight excluding hydrogens is 288 g/mol. The Labute approximate surface area is 134 Å². The highest BCUT2D eigenvalue weighted by atomic mass is 16.1. The molecule has 5 nitrogen and oxygen atoms in total. The minimum Gasteiger partial charge on any atom is -0.326 e. The van der Waals surface area contributed by atoms with Gasteiger partial charge in [0.1, 0.15) is 5.82 Å². The summed E-state index contributed by atoms with van der Waals surface area (Å²) in [4.78, 5) is 16.5. The van der Waals surface area contributed by atoms with Crippen LogP contribution in [-0.4, -0.2) is 21.1 Å². The summed E-state index contributed by atoms with van der Waals surface area (Å²) in [6.45, 7) is 4.01. The monoisotopic (exact) mass is 306 g/mol. The van der Waals surface area contributed by atoms with Gasteiger partial charge in [-0.25, -0.2) is 4.98 Å². The number of nitrogens with one attached hydrogen (secondary N) is 2. The fourth-order valence-corrected chi connectivity index (χ4v) is 2.49. The number of rotatable bonds is 4. The summed E-state index contributed by atoms with van der Waals surface area (Å²) in [5, 5.41) is 9.87. The van der Waals surface area contributed by atoms with Crippen molar-refractivity contribution in [3.63, 3.8) is 0 Å². The second-order valence-corrected chi connectivity index (χ2v) is 5.57. The number of carbonyl (C=O) groups is 1. The number of benzene rings is 2. The summed E-state index contributed by atoms with van der Waals surface area (Å²) in [6, 6.07) is 15.6. The molecule has 2 N–H and O–H groups in total. The molecule has 5 heteroatoms. The number of amides is 1. The maximum Gasteiger partial charge on any atom is 0.232 e. The number of carbonyl (C=O) groups excluding carboxylic acids is 1. The smallest absolute Gasteiger partial charge is 0.232 e. The van der Waals surface area contributed by atoms with Gasteiger partial charge in [-0.3, -0.25) is 9.89 Å². The van der Waals surface area contributed by atoms with Crippen LogP contribution in [0, 0.1) is 13.8 Å². The minimum absolute atomic E-state index is 0.120. The predicted octanol–water partition coefficient (Wildman–Crippen LogP) is 3.27. The van der Waals surface area contributed by atoms with Crippen molar-refractivity contribution in [3.05, 3.63) is 65.5 Å². The van der Waals surface area contributed by atoms with Crippen molar-refractivity contribution in [2.45, 2.75) is 20.3 Å². The van der Waals surface area contributed by atoms with E-state index in [0.29, 0.717) is 11.6 Å². The summed E-state index contributed by atoms with van der Waals surface area (Å²) in [5.74, 6) is 1.02. The molecule has 0 aliphatic rings. The van der Waals surface area contributed by atoms with Gasteiger partial charge in [-0.15, -0.1) is 0 Å². The highest BCUT2D eigenvalue weighted by molar-refractivity contribution is 5.92. The first-order valence-corrected chi connectivity index (χ1v) is 7.45. The molecule has 0 spiro atoms. The zero-order chi connectivity index (χ0) is 16.2. The van der Waals surface area contributed by atoms with Crippen molar-refractivity contribution in [2.75, 3.05) is 5.32 Å². The Morgan fingerprint density at radius 3 is 2.48 bits per heavy atom. The van der Waals surface area contributed by atoms with Crippen molar-refractivity contribution in [1.82, 2.24) is 15.2 Å². The van der Waals surface area contributed by atoms with E-state index in [4.69, 9.17) is 0 Å². The van der Waals surface area contributed by atoms with Crippen LogP contribution >= 0.6 is 0 Å². The lowest BCUT2D eigenvalue weighted by Crippen LogP contribution is -2.15. The lowest BCUT2D eigenvalue weighted by molar-refractivity contribution is -0.115. The largest absolute Gasteiger partial charge is 0.326 e. The molecule has 3 aromatic rings. The van der Waals surface area contributed by atoms with Crippen LogP contribution in [0.5, 0.6) is 0 Å². The molecule has 23 heavy (non-hydrogen) atoms. The van der Waals surface area contributed by atoms with E-state index in [-0.39, 0.29) is 12.3 Å². The van der Waals surface area contributed by atoms with Crippen LogP contribution in [0.4, 0.5) is 5.69 Å². The van der Waals surface area contributed by atoms with Gasteiger partial charge in [0.25, 0.3) is 0 Å². The van der Waals surface area contributed by atoms with Gasteiger partial charge < -0.3 is 5.32 Å². The number of hydrogen-bond donors (Lipinski definition) is 2. The Kier molecular flexibility index (Phi) is 4.19. The molecule has 0 fully saturated rings. The number of anilines is 1. The second kappa shape index (κ2) is 6.44. The average molecular weight is 306 g/mol. The van der Waals surface area contributed by atoms with Gasteiger partial charge in [-0.1, -0.05) is 36.4 Å². The minimum atomic E-state index is -0.120. The number of hydrogen-bond acceptors (Lipinski definition) is 3. The molecule has 116 valence electrons. The topological polar surface area (TPSA) is 70.7 Å². The number of aryl methyl sites for hydroxylation is 2. The zero-order valence-electron chi connectivity index (χ0n) is 13.1. The van der Waals surface area contributed by atoms with Gasteiger partial charge in [0, 0.05) is 11.3 Å². The fraction of sp³-hybridized carbons (Fsp3) is 0.167. The summed E-state index contributed by atoms with van der Waals surface area (Å²) < 4.78 is 0. The number of nitrogens with zero attached hydrogens (tertiary/aromatic N) is 2. The number of H-pyrrole nitrogens is 1. The van der Waals surface area contributed by atoms with Crippen LogP contribution < -0.4 is 5.32 Å². The number of aromatic amines is 1. The summed E-state index contributed by atoms with van der Waals surface area (Å²) in [5.41, 5.74) is 3.96. The van der Waals surface area contributed by atoms with Crippen LogP contribution in [-0.2, 0) is 11.2 Å². The van der Waals surface area contributed by atoms with Crippen LogP contribution in [0.1, 0.15) is 17.0 Å². The molecule has 3 rings (SSSR count). The standard InChI is InChI=1S/C18H18N4O/c1-12-8-13(2)10-15(9-12)19-17(23)11-16-20-18(22-21-16)14-6-4-3-5-7-14/h3-10H,11H2,1-2H3,(H,19,23)(H,20,21,22). The van der Waals surface area contributed by atoms with Gasteiger partial charge in [0.05, 0.1) is 6.42 Å². The highest BCUT2D eigenvalue weighted by Crippen LogP contribution is 2.15. The first kappa shape index (κ1) is 15.0. The Hall–Kier alpha value is -2.95. The second-order valence-electron chi connectivity index (χ2n) is 5.57. The van der Waals surface area contributed by atoms with E-state index in [1.54, 1.807) is 0 Å². The molecule has 1 aromatic heterocycles. The van der Waals surface area contributed by atoms with Gasteiger partial charge >= 0.3 is 0 Å². The highest BCUT2D eigenvalue weighted by Gasteiger charge is 2.10. The lowest BCUT2D eigenvalue weighted by Gasteiger charge is -2.06. The van der Waals surface area contributed by atoms with E-state index in [1.807, 2.05) is 56.3 Å². The van der Waals surface area contributed by atoms with E-state index in [9.17, 15) is 4.79 Å². The van der Waals surface area contributed by atoms with Crippen LogP contribution in [0.3, 0.4) is 0 Å². The molecule has 2 aromatic carbocycles. The van der Waals surface area contributed by atoms with Crippen LogP contribution in [0.25, 0.3) is 11.4 Å². The molecule has 1 heterocycles. The molecule has 0 bridgehead atoms. The van der Waals surface area contributed by atoms with E-state index >= 15 is 0 Å². The van der Waals surface area contributed by atoms with E-state index in [0.717, 1.165) is 22.4 Å². The predicted molar refractivity (Wildman–Crippen MR) is 90.1 cm³/mol. The van der Waals surface area contributed by atoms with Gasteiger partial charge in [0.15, 0.2) is 5.82 Å². The summed E-state index contributed by atoms with van der Waals surface area (Å²) in [7, 11) is 0. The van der Waals surface area contributed by atoms with Crippen molar-refractivity contribution < 1.29 is 4.79 Å². The third kappa shape index (κ3) is 3.83. The molecule has 0 aliphatic heterocycles. The van der Waals surface area contributed by atoms with Crippen molar-refractivity contribution in [3.8, 4) is 11.4 Å². The molecule has 0 saturated heterocycles. The molecular formula is C18H18N4O. The maximum atomic E-state index is 12.2. The van der Waals surface area contributed by atoms with Crippen LogP contribution in [0.15, 0.2) is 48.5 Å². The number of aromatic nitrogens is 3. The van der Waals surface area contributed by atoms with Gasteiger partial charge in [0.2, 0.25) is 5.91 Å². The molecule has 0 saturated carbocycles. The Balaban J connectivity index is 1.68. The average Bonchev–Trinajstić information content (AvgIpc) is 2.95.